The predicted molar refractivity (Wildman–Crippen MR) is 36.5 cm³/mol. The van der Waals surface area contributed by atoms with E-state index >= 15 is 0 Å². The van der Waals surface area contributed by atoms with Gasteiger partial charge in [-0.05, 0) is 0 Å². The van der Waals surface area contributed by atoms with Crippen molar-refractivity contribution in [1.82, 2.24) is 5.32 Å². The normalized spacial score (nSPS) is 28.2. The van der Waals surface area contributed by atoms with Crippen molar-refractivity contribution in [2.75, 3.05) is 7.11 Å². The Labute approximate surface area is 68.5 Å². The van der Waals surface area contributed by atoms with Gasteiger partial charge in [0, 0.05) is 7.11 Å². The van der Waals surface area contributed by atoms with Gasteiger partial charge in [0.15, 0.2) is 0 Å². The minimum absolute atomic E-state index is 0.0187. The standard InChI is InChI=1S/C6H9NO5/c1-11-5-3(7-6(9)10)2-4(8)12-5/h3,5,7H,2H2,1H3,(H,9,10)/t3-,5+/m1/s1. The van der Waals surface area contributed by atoms with Gasteiger partial charge in [-0.1, -0.05) is 0 Å². The zero-order chi connectivity index (χ0) is 9.14. The fourth-order valence-electron chi connectivity index (χ4n) is 1.03. The van der Waals surface area contributed by atoms with E-state index < -0.39 is 24.4 Å². The fraction of sp³-hybridized carbons (Fsp3) is 0.667. The summed E-state index contributed by atoms with van der Waals surface area (Å²) in [5.74, 6) is -0.458. The van der Waals surface area contributed by atoms with E-state index in [0.717, 1.165) is 0 Å². The van der Waals surface area contributed by atoms with E-state index in [0.29, 0.717) is 0 Å². The third-order valence-electron chi connectivity index (χ3n) is 1.50. The van der Waals surface area contributed by atoms with E-state index in [1.54, 1.807) is 0 Å². The molecule has 6 heteroatoms. The Bertz CT molecular complexity index is 204. The first-order valence-corrected chi connectivity index (χ1v) is 3.35. The topological polar surface area (TPSA) is 84.9 Å². The van der Waals surface area contributed by atoms with E-state index in [1.807, 2.05) is 0 Å². The molecule has 2 N–H and O–H groups in total. The average Bonchev–Trinajstić information content (AvgIpc) is 2.29. The summed E-state index contributed by atoms with van der Waals surface area (Å²) in [5, 5.41) is 10.5. The number of hydrogen-bond acceptors (Lipinski definition) is 4. The van der Waals surface area contributed by atoms with Crippen LogP contribution in [0.25, 0.3) is 0 Å². The lowest BCUT2D eigenvalue weighted by Gasteiger charge is -2.14. The Morgan fingerprint density at radius 2 is 2.50 bits per heavy atom. The van der Waals surface area contributed by atoms with Crippen LogP contribution in [-0.2, 0) is 14.3 Å². The SMILES string of the molecule is CO[C@H]1OC(=O)C[C@H]1NC(=O)O. The van der Waals surface area contributed by atoms with Crippen LogP contribution < -0.4 is 5.32 Å². The lowest BCUT2D eigenvalue weighted by Crippen LogP contribution is -2.40. The zero-order valence-corrected chi connectivity index (χ0v) is 6.44. The molecule has 0 saturated carbocycles. The highest BCUT2D eigenvalue weighted by atomic mass is 16.7. The van der Waals surface area contributed by atoms with Crippen LogP contribution in [0.2, 0.25) is 0 Å². The van der Waals surface area contributed by atoms with Crippen LogP contribution in [0, 0.1) is 0 Å². The van der Waals surface area contributed by atoms with Crippen molar-refractivity contribution in [3.63, 3.8) is 0 Å². The minimum atomic E-state index is -1.19. The number of hydrogen-bond donors (Lipinski definition) is 2. The maximum Gasteiger partial charge on any atom is 0.405 e. The molecule has 1 saturated heterocycles. The van der Waals surface area contributed by atoms with Gasteiger partial charge < -0.3 is 19.9 Å². The molecule has 0 unspecified atom stereocenters. The van der Waals surface area contributed by atoms with Gasteiger partial charge in [0.2, 0.25) is 6.29 Å². The molecular weight excluding hydrogens is 166 g/mol. The number of carbonyl (C=O) groups is 2. The number of esters is 1. The van der Waals surface area contributed by atoms with Crippen LogP contribution in [0.4, 0.5) is 4.79 Å². The Hall–Kier alpha value is -1.30. The summed E-state index contributed by atoms with van der Waals surface area (Å²) in [7, 11) is 1.35. The number of cyclic esters (lactones) is 1. The second kappa shape index (κ2) is 3.40. The van der Waals surface area contributed by atoms with Crippen molar-refractivity contribution in [3.05, 3.63) is 0 Å². The summed E-state index contributed by atoms with van der Waals surface area (Å²) in [4.78, 5) is 20.9. The van der Waals surface area contributed by atoms with Crippen molar-refractivity contribution in [1.29, 1.82) is 0 Å². The van der Waals surface area contributed by atoms with E-state index in [1.165, 1.54) is 7.11 Å². The van der Waals surface area contributed by atoms with Crippen molar-refractivity contribution < 1.29 is 24.2 Å². The molecule has 12 heavy (non-hydrogen) atoms. The molecule has 1 fully saturated rings. The molecule has 1 heterocycles. The molecule has 1 aliphatic rings. The Morgan fingerprint density at radius 3 is 3.00 bits per heavy atom. The van der Waals surface area contributed by atoms with Crippen LogP contribution >= 0.6 is 0 Å². The van der Waals surface area contributed by atoms with Gasteiger partial charge in [-0.2, -0.15) is 0 Å². The van der Waals surface area contributed by atoms with Gasteiger partial charge >= 0.3 is 12.1 Å². The van der Waals surface area contributed by atoms with Gasteiger partial charge in [0.1, 0.15) is 6.04 Å². The van der Waals surface area contributed by atoms with E-state index in [2.05, 4.69) is 10.1 Å². The second-order valence-corrected chi connectivity index (χ2v) is 2.35. The number of methoxy groups -OCH3 is 1. The summed E-state index contributed by atoms with van der Waals surface area (Å²) < 4.78 is 9.36. The number of rotatable bonds is 2. The Kier molecular flexibility index (Phi) is 2.49. The predicted octanol–water partition coefficient (Wildman–Crippen LogP) is -0.458. The lowest BCUT2D eigenvalue weighted by molar-refractivity contribution is -0.159. The molecular formula is C6H9NO5. The summed E-state index contributed by atoms with van der Waals surface area (Å²) in [5.41, 5.74) is 0. The first-order chi connectivity index (χ1) is 5.63. The van der Waals surface area contributed by atoms with Gasteiger partial charge in [0.25, 0.3) is 0 Å². The first-order valence-electron chi connectivity index (χ1n) is 3.35. The van der Waals surface area contributed by atoms with Crippen molar-refractivity contribution in [3.8, 4) is 0 Å². The number of nitrogens with one attached hydrogen (secondary N) is 1. The van der Waals surface area contributed by atoms with Crippen LogP contribution in [0.3, 0.4) is 0 Å². The molecule has 6 nitrogen and oxygen atoms in total. The molecule has 0 aromatic heterocycles. The summed E-state index contributed by atoms with van der Waals surface area (Å²) >= 11 is 0. The van der Waals surface area contributed by atoms with Crippen molar-refractivity contribution in [2.45, 2.75) is 18.8 Å². The number of ether oxygens (including phenoxy) is 2. The summed E-state index contributed by atoms with van der Waals surface area (Å²) in [6.45, 7) is 0. The lowest BCUT2D eigenvalue weighted by atomic mass is 10.2. The maximum atomic E-state index is 10.7. The maximum absolute atomic E-state index is 10.7. The molecule has 0 bridgehead atoms. The molecule has 1 rings (SSSR count). The quantitative estimate of drug-likeness (QED) is 0.555. The van der Waals surface area contributed by atoms with Crippen LogP contribution in [0.5, 0.6) is 0 Å². The number of carbonyl (C=O) groups excluding carboxylic acids is 1. The molecule has 0 spiro atoms. The van der Waals surface area contributed by atoms with Crippen LogP contribution in [-0.4, -0.2) is 36.6 Å². The molecule has 0 aliphatic carbocycles. The van der Waals surface area contributed by atoms with Gasteiger partial charge in [-0.15, -0.1) is 0 Å². The smallest absolute Gasteiger partial charge is 0.405 e. The Balaban J connectivity index is 2.51. The monoisotopic (exact) mass is 175 g/mol. The highest BCUT2D eigenvalue weighted by Crippen LogP contribution is 2.14. The molecule has 2 atom stereocenters. The third-order valence-corrected chi connectivity index (χ3v) is 1.50. The summed E-state index contributed by atoms with van der Waals surface area (Å²) in [6.07, 6.45) is -1.97. The summed E-state index contributed by atoms with van der Waals surface area (Å²) in [6, 6.07) is -0.597. The largest absolute Gasteiger partial charge is 0.465 e. The molecule has 0 aromatic carbocycles. The highest BCUT2D eigenvalue weighted by Gasteiger charge is 2.35. The van der Waals surface area contributed by atoms with E-state index in [-0.39, 0.29) is 6.42 Å². The Morgan fingerprint density at radius 1 is 1.83 bits per heavy atom. The molecule has 68 valence electrons. The molecule has 1 aliphatic heterocycles. The molecule has 1 amide bonds. The highest BCUT2D eigenvalue weighted by molar-refractivity contribution is 5.74. The van der Waals surface area contributed by atoms with E-state index in [4.69, 9.17) is 9.84 Å². The number of amides is 1. The average molecular weight is 175 g/mol. The minimum Gasteiger partial charge on any atom is -0.465 e. The van der Waals surface area contributed by atoms with Gasteiger partial charge in [0.05, 0.1) is 6.42 Å². The van der Waals surface area contributed by atoms with Crippen molar-refractivity contribution in [2.24, 2.45) is 0 Å². The van der Waals surface area contributed by atoms with Gasteiger partial charge in [-0.3, -0.25) is 4.79 Å². The molecule has 0 radical (unpaired) electrons. The second-order valence-electron chi connectivity index (χ2n) is 2.35. The van der Waals surface area contributed by atoms with Crippen molar-refractivity contribution >= 4 is 12.1 Å². The van der Waals surface area contributed by atoms with E-state index in [9.17, 15) is 9.59 Å². The zero-order valence-electron chi connectivity index (χ0n) is 6.44. The number of carboxylic acid groups (broad SMARTS) is 1. The van der Waals surface area contributed by atoms with Crippen LogP contribution in [0.1, 0.15) is 6.42 Å². The fourth-order valence-corrected chi connectivity index (χ4v) is 1.03. The third kappa shape index (κ3) is 1.85. The van der Waals surface area contributed by atoms with Crippen LogP contribution in [0.15, 0.2) is 0 Å². The first kappa shape index (κ1) is 8.79. The van der Waals surface area contributed by atoms with Gasteiger partial charge in [-0.25, -0.2) is 4.79 Å². The molecule has 0 aromatic rings.